The molecule has 0 aliphatic carbocycles. The summed E-state index contributed by atoms with van der Waals surface area (Å²) in [5, 5.41) is 8.82. The van der Waals surface area contributed by atoms with Crippen LogP contribution in [0.1, 0.15) is 72.7 Å². The van der Waals surface area contributed by atoms with Crippen LogP contribution >= 0.6 is 0 Å². The lowest BCUT2D eigenvalue weighted by Gasteiger charge is -2.67. The van der Waals surface area contributed by atoms with Crippen LogP contribution in [0.2, 0.25) is 0 Å². The number of piperazine rings is 1. The van der Waals surface area contributed by atoms with Crippen LogP contribution in [0, 0.1) is 13.8 Å². The fourth-order valence-corrected chi connectivity index (χ4v) is 10.2. The first-order valence-electron chi connectivity index (χ1n) is 20.1. The van der Waals surface area contributed by atoms with Gasteiger partial charge in [-0.3, -0.25) is 14.6 Å². The summed E-state index contributed by atoms with van der Waals surface area (Å²) in [7, 11) is 3.33. The number of benzene rings is 3. The van der Waals surface area contributed by atoms with Gasteiger partial charge in [-0.25, -0.2) is 4.79 Å². The highest BCUT2D eigenvalue weighted by Crippen LogP contribution is 2.67. The maximum atomic E-state index is 14.0. The highest BCUT2D eigenvalue weighted by Gasteiger charge is 2.68. The molecule has 12 nitrogen and oxygen atoms in total. The number of ether oxygens (including phenoxy) is 5. The molecule has 58 heavy (non-hydrogen) atoms. The largest absolute Gasteiger partial charge is 0.493 e. The Balaban J connectivity index is 1.36. The third-order valence-electron chi connectivity index (χ3n) is 12.5. The van der Waals surface area contributed by atoms with Crippen LogP contribution < -0.4 is 39.6 Å². The molecular formula is C46H57N5O7. The van der Waals surface area contributed by atoms with E-state index >= 15 is 0 Å². The van der Waals surface area contributed by atoms with Crippen molar-refractivity contribution in [3.8, 4) is 28.7 Å². The molecule has 2 unspecified atom stereocenters. The zero-order chi connectivity index (χ0) is 41.5. The van der Waals surface area contributed by atoms with Crippen LogP contribution in [0.5, 0.6) is 28.7 Å². The van der Waals surface area contributed by atoms with Crippen LogP contribution in [0.4, 0.5) is 10.5 Å². The zero-order valence-corrected chi connectivity index (χ0v) is 34.8. The van der Waals surface area contributed by atoms with E-state index in [1.54, 1.807) is 51.5 Å². The number of para-hydroxylation sites is 1. The Hall–Kier alpha value is -5.46. The molecule has 7 atom stereocenters. The molecule has 3 N–H and O–H groups in total. The van der Waals surface area contributed by atoms with E-state index in [-0.39, 0.29) is 61.4 Å². The zero-order valence-electron chi connectivity index (χ0n) is 34.8. The first kappa shape index (κ1) is 40.7. The van der Waals surface area contributed by atoms with Crippen molar-refractivity contribution in [1.29, 1.82) is 0 Å². The number of aryl methyl sites for hydroxylation is 1. The van der Waals surface area contributed by atoms with Crippen LogP contribution in [0.15, 0.2) is 74.4 Å². The van der Waals surface area contributed by atoms with Gasteiger partial charge in [0, 0.05) is 58.2 Å². The third-order valence-corrected chi connectivity index (χ3v) is 12.5. The van der Waals surface area contributed by atoms with Crippen molar-refractivity contribution in [2.75, 3.05) is 45.9 Å². The van der Waals surface area contributed by atoms with Gasteiger partial charge in [0.1, 0.15) is 31.6 Å². The van der Waals surface area contributed by atoms with Gasteiger partial charge in [0.25, 0.3) is 0 Å². The summed E-state index contributed by atoms with van der Waals surface area (Å²) < 4.78 is 31.8. The molecule has 4 heterocycles. The van der Waals surface area contributed by atoms with E-state index in [0.29, 0.717) is 36.0 Å². The number of hydrogen-bond donors (Lipinski definition) is 3. The van der Waals surface area contributed by atoms with E-state index in [9.17, 15) is 9.59 Å². The summed E-state index contributed by atoms with van der Waals surface area (Å²) in [6, 6.07) is 9.82. The second-order valence-corrected chi connectivity index (χ2v) is 15.8. The van der Waals surface area contributed by atoms with E-state index in [1.807, 2.05) is 25.1 Å². The Morgan fingerprint density at radius 3 is 2.14 bits per heavy atom. The number of nitrogens with one attached hydrogen (secondary N) is 3. The molecule has 3 amide bonds. The van der Waals surface area contributed by atoms with Gasteiger partial charge >= 0.3 is 6.03 Å². The van der Waals surface area contributed by atoms with Crippen molar-refractivity contribution < 1.29 is 33.3 Å². The predicted molar refractivity (Wildman–Crippen MR) is 225 cm³/mol. The molecular weight excluding hydrogens is 735 g/mol. The molecule has 0 aromatic heterocycles. The van der Waals surface area contributed by atoms with Crippen LogP contribution in [0.3, 0.4) is 0 Å². The SMILES string of the molecule is C=CCOc1c(C)c(OC)c(OCC=C)c2c1CC1[C@H]3c4c(cc(C)c(OC)c4OCC=C)C4(C)C[C@@H]([C@H](C)N1[C@H]2CNC(=O)[C@H](C)NC(=O)Nc1ccccc1)N34. The molecule has 2 fully saturated rings. The van der Waals surface area contributed by atoms with E-state index in [2.05, 4.69) is 72.3 Å². The number of carbonyl (C=O) groups is 2. The minimum Gasteiger partial charge on any atom is -0.493 e. The van der Waals surface area contributed by atoms with E-state index in [1.165, 1.54) is 5.56 Å². The molecule has 3 aromatic carbocycles. The highest BCUT2D eigenvalue weighted by atomic mass is 16.5. The Morgan fingerprint density at radius 2 is 1.52 bits per heavy atom. The van der Waals surface area contributed by atoms with E-state index < -0.39 is 12.1 Å². The van der Waals surface area contributed by atoms with Gasteiger partial charge < -0.3 is 39.6 Å². The third kappa shape index (κ3) is 6.65. The molecule has 0 radical (unpaired) electrons. The van der Waals surface area contributed by atoms with Crippen molar-refractivity contribution in [3.05, 3.63) is 108 Å². The Kier molecular flexibility index (Phi) is 11.5. The van der Waals surface area contributed by atoms with Crippen molar-refractivity contribution >= 4 is 17.6 Å². The van der Waals surface area contributed by atoms with Gasteiger partial charge in [-0.1, -0.05) is 56.2 Å². The molecule has 4 aliphatic rings. The van der Waals surface area contributed by atoms with Gasteiger partial charge in [-0.2, -0.15) is 0 Å². The van der Waals surface area contributed by atoms with E-state index in [4.69, 9.17) is 23.7 Å². The highest BCUT2D eigenvalue weighted by molar-refractivity contribution is 5.93. The first-order valence-corrected chi connectivity index (χ1v) is 20.1. The molecule has 308 valence electrons. The number of rotatable bonds is 16. The van der Waals surface area contributed by atoms with Gasteiger partial charge in [0.2, 0.25) is 5.91 Å². The predicted octanol–water partition coefficient (Wildman–Crippen LogP) is 7.06. The Morgan fingerprint density at radius 1 is 0.897 bits per heavy atom. The number of carbonyl (C=O) groups excluding carboxylic acids is 2. The summed E-state index contributed by atoms with van der Waals surface area (Å²) in [5.74, 6) is 3.03. The molecule has 7 rings (SSSR count). The number of fused-ring (bicyclic) bond motifs is 6. The van der Waals surface area contributed by atoms with Crippen molar-refractivity contribution in [1.82, 2.24) is 20.4 Å². The maximum absolute atomic E-state index is 14.0. The lowest BCUT2D eigenvalue weighted by molar-refractivity contribution is -0.187. The average Bonchev–Trinajstić information content (AvgIpc) is 3.41. The summed E-state index contributed by atoms with van der Waals surface area (Å²) in [4.78, 5) is 32.1. The number of methoxy groups -OCH3 is 2. The summed E-state index contributed by atoms with van der Waals surface area (Å²) in [6.07, 6.45) is 6.77. The van der Waals surface area contributed by atoms with Gasteiger partial charge in [-0.05, 0) is 76.8 Å². The van der Waals surface area contributed by atoms with E-state index in [0.717, 1.165) is 45.7 Å². The monoisotopic (exact) mass is 791 g/mol. The average molecular weight is 792 g/mol. The molecule has 4 aliphatic heterocycles. The van der Waals surface area contributed by atoms with Crippen molar-refractivity contribution in [2.24, 2.45) is 0 Å². The van der Waals surface area contributed by atoms with Crippen LogP contribution in [-0.4, -0.2) is 86.5 Å². The van der Waals surface area contributed by atoms with Gasteiger partial charge in [-0.15, -0.1) is 0 Å². The fourth-order valence-electron chi connectivity index (χ4n) is 10.2. The second-order valence-electron chi connectivity index (χ2n) is 15.8. The minimum absolute atomic E-state index is 0.0727. The Bertz CT molecular complexity index is 2110. The first-order chi connectivity index (χ1) is 27.9. The lowest BCUT2D eigenvalue weighted by atomic mass is 9.70. The number of hydrogen-bond acceptors (Lipinski definition) is 9. The molecule has 2 saturated heterocycles. The lowest BCUT2D eigenvalue weighted by Crippen LogP contribution is -2.74. The molecule has 0 bridgehead atoms. The number of nitrogens with zero attached hydrogens (tertiary/aromatic N) is 2. The molecule has 0 saturated carbocycles. The quantitative estimate of drug-likeness (QED) is 0.131. The summed E-state index contributed by atoms with van der Waals surface area (Å²) >= 11 is 0. The normalized spacial score (nSPS) is 24.3. The standard InChI is InChI=1S/C46H57N5O7/c1-11-19-56-40-27(5)41(55-10)42(57-20-12-2)36-31(40)23-33-38-37-32(22-26(4)39(54-9)43(37)58-21-13-3)46(8)24-34(51(38)46)29(7)50(33)35(36)25-47-44(52)28(6)48-45(53)49-30-17-15-14-16-18-30/h11-18,22,28-29,33-35,38H,1-3,19-21,23-25H2,4-10H3,(H,47,52)(H2,48,49,53)/t28-,29-,33?,34-,35-,38-,46?/m0/s1. The number of urea groups is 1. The summed E-state index contributed by atoms with van der Waals surface area (Å²) in [6.45, 7) is 23.3. The number of anilines is 1. The minimum atomic E-state index is -0.832. The number of amides is 3. The van der Waals surface area contributed by atoms with Gasteiger partial charge in [0.05, 0.1) is 26.3 Å². The molecule has 0 spiro atoms. The molecule has 3 aromatic rings. The maximum Gasteiger partial charge on any atom is 0.319 e. The second kappa shape index (κ2) is 16.4. The van der Waals surface area contributed by atoms with Crippen molar-refractivity contribution in [3.63, 3.8) is 0 Å². The Labute approximate surface area is 342 Å². The van der Waals surface area contributed by atoms with Gasteiger partial charge in [0.15, 0.2) is 23.0 Å². The summed E-state index contributed by atoms with van der Waals surface area (Å²) in [5.41, 5.74) is 6.54. The van der Waals surface area contributed by atoms with Crippen LogP contribution in [0.25, 0.3) is 0 Å². The smallest absolute Gasteiger partial charge is 0.319 e. The van der Waals surface area contributed by atoms with Crippen LogP contribution in [-0.2, 0) is 16.8 Å². The topological polar surface area (TPSA) is 123 Å². The molecule has 12 heteroatoms. The van der Waals surface area contributed by atoms with Crippen molar-refractivity contribution in [2.45, 2.75) is 89.3 Å². The fraction of sp³-hybridized carbons (Fsp3) is 0.435.